The first-order valence-electron chi connectivity index (χ1n) is 10.3. The fraction of sp³-hybridized carbons (Fsp3) is 0.435. The van der Waals surface area contributed by atoms with Gasteiger partial charge in [-0.25, -0.2) is 8.42 Å². The molecule has 0 aliphatic carbocycles. The molecule has 0 spiro atoms. The molecule has 3 rings (SSSR count). The van der Waals surface area contributed by atoms with E-state index >= 15 is 0 Å². The molecule has 1 fully saturated rings. The van der Waals surface area contributed by atoms with Gasteiger partial charge in [-0.2, -0.15) is 0 Å². The zero-order chi connectivity index (χ0) is 22.9. The van der Waals surface area contributed by atoms with Crippen molar-refractivity contribution in [3.8, 4) is 0 Å². The van der Waals surface area contributed by atoms with Crippen LogP contribution in [0.5, 0.6) is 0 Å². The highest BCUT2D eigenvalue weighted by Gasteiger charge is 2.33. The van der Waals surface area contributed by atoms with E-state index in [1.165, 1.54) is 4.31 Å². The third-order valence-corrected chi connectivity index (χ3v) is 7.11. The average molecular weight is 464 g/mol. The molecule has 1 saturated heterocycles. The smallest absolute Gasteiger partial charge is 0.246 e. The van der Waals surface area contributed by atoms with E-state index in [0.717, 1.165) is 28.6 Å². The molecule has 0 saturated carbocycles. The number of hydrogen-bond donors (Lipinski definition) is 0. The van der Waals surface area contributed by atoms with Crippen molar-refractivity contribution in [2.24, 2.45) is 0 Å². The number of piperazine rings is 1. The predicted molar refractivity (Wildman–Crippen MR) is 128 cm³/mol. The Hall–Kier alpha value is -2.25. The van der Waals surface area contributed by atoms with Crippen molar-refractivity contribution in [3.63, 3.8) is 0 Å². The summed E-state index contributed by atoms with van der Waals surface area (Å²) >= 11 is 6.16. The Bertz CT molecular complexity index is 1060. The molecule has 0 aromatic heterocycles. The van der Waals surface area contributed by atoms with E-state index in [1.807, 2.05) is 45.0 Å². The lowest BCUT2D eigenvalue weighted by molar-refractivity contribution is -0.132. The number of carbonyl (C=O) groups excluding carboxylic acids is 1. The van der Waals surface area contributed by atoms with Gasteiger partial charge in [0.1, 0.15) is 6.04 Å². The summed E-state index contributed by atoms with van der Waals surface area (Å²) in [5, 5.41) is 0.685. The Kier molecular flexibility index (Phi) is 6.86. The highest BCUT2D eigenvalue weighted by Crippen LogP contribution is 2.27. The van der Waals surface area contributed by atoms with E-state index in [9.17, 15) is 13.2 Å². The first-order valence-corrected chi connectivity index (χ1v) is 12.6. The summed E-state index contributed by atoms with van der Waals surface area (Å²) in [6, 6.07) is 10.6. The van der Waals surface area contributed by atoms with Gasteiger partial charge in [0.15, 0.2) is 0 Å². The van der Waals surface area contributed by atoms with Gasteiger partial charge in [-0.15, -0.1) is 0 Å². The predicted octanol–water partition coefficient (Wildman–Crippen LogP) is 3.77. The minimum absolute atomic E-state index is 0.188. The lowest BCUT2D eigenvalue weighted by Crippen LogP contribution is -2.55. The molecular formula is C23H30ClN3O3S. The van der Waals surface area contributed by atoms with Crippen LogP contribution in [0, 0.1) is 20.8 Å². The molecule has 2 aromatic carbocycles. The monoisotopic (exact) mass is 463 g/mol. The van der Waals surface area contributed by atoms with Crippen LogP contribution in [0.25, 0.3) is 0 Å². The van der Waals surface area contributed by atoms with Crippen molar-refractivity contribution in [2.45, 2.75) is 33.7 Å². The summed E-state index contributed by atoms with van der Waals surface area (Å²) in [6.45, 7) is 9.93. The average Bonchev–Trinajstić information content (AvgIpc) is 2.67. The van der Waals surface area contributed by atoms with Gasteiger partial charge in [0.25, 0.3) is 0 Å². The number of sulfonamides is 1. The Labute approximate surface area is 190 Å². The largest absolute Gasteiger partial charge is 0.368 e. The summed E-state index contributed by atoms with van der Waals surface area (Å²) in [6.07, 6.45) is 1.15. The first kappa shape index (κ1) is 23.4. The third-order valence-electron chi connectivity index (χ3n) is 5.63. The van der Waals surface area contributed by atoms with Crippen LogP contribution in [-0.4, -0.2) is 57.7 Å². The normalized spacial score (nSPS) is 15.7. The molecule has 0 unspecified atom stereocenters. The van der Waals surface area contributed by atoms with Crippen molar-refractivity contribution in [1.82, 2.24) is 4.90 Å². The third kappa shape index (κ3) is 5.33. The van der Waals surface area contributed by atoms with Crippen LogP contribution in [0.3, 0.4) is 0 Å². The second-order valence-corrected chi connectivity index (χ2v) is 10.6. The molecule has 2 aromatic rings. The van der Waals surface area contributed by atoms with Gasteiger partial charge in [0.05, 0.1) is 11.9 Å². The molecule has 31 heavy (non-hydrogen) atoms. The van der Waals surface area contributed by atoms with Crippen molar-refractivity contribution in [3.05, 3.63) is 58.1 Å². The zero-order valence-corrected chi connectivity index (χ0v) is 20.3. The van der Waals surface area contributed by atoms with Crippen LogP contribution in [0.4, 0.5) is 11.4 Å². The zero-order valence-electron chi connectivity index (χ0n) is 18.7. The van der Waals surface area contributed by atoms with Crippen LogP contribution in [-0.2, 0) is 14.8 Å². The molecule has 1 amide bonds. The SMILES string of the molecule is Cc1cc(C)cc(N([C@@H](C)C(=O)N2CCN(c3cc(Cl)ccc3C)CC2)S(C)(=O)=O)c1. The number of nitrogens with zero attached hydrogens (tertiary/aromatic N) is 3. The molecule has 8 heteroatoms. The van der Waals surface area contributed by atoms with Gasteiger partial charge < -0.3 is 9.80 Å². The van der Waals surface area contributed by atoms with Crippen molar-refractivity contribution in [2.75, 3.05) is 41.6 Å². The van der Waals surface area contributed by atoms with Crippen molar-refractivity contribution >= 4 is 38.9 Å². The van der Waals surface area contributed by atoms with E-state index in [2.05, 4.69) is 4.90 Å². The fourth-order valence-corrected chi connectivity index (χ4v) is 5.55. The molecule has 1 atom stereocenters. The lowest BCUT2D eigenvalue weighted by atomic mass is 10.1. The van der Waals surface area contributed by atoms with E-state index in [-0.39, 0.29) is 5.91 Å². The number of aryl methyl sites for hydroxylation is 3. The molecule has 1 aliphatic heterocycles. The summed E-state index contributed by atoms with van der Waals surface area (Å²) in [5.41, 5.74) is 4.63. The molecule has 168 valence electrons. The molecule has 1 aliphatic rings. The van der Waals surface area contributed by atoms with E-state index in [4.69, 9.17) is 11.6 Å². The van der Waals surface area contributed by atoms with Gasteiger partial charge in [0.2, 0.25) is 15.9 Å². The lowest BCUT2D eigenvalue weighted by Gasteiger charge is -2.39. The van der Waals surface area contributed by atoms with Gasteiger partial charge in [-0.05, 0) is 68.7 Å². The summed E-state index contributed by atoms with van der Waals surface area (Å²) < 4.78 is 26.5. The number of anilines is 2. The van der Waals surface area contributed by atoms with E-state index in [0.29, 0.717) is 36.9 Å². The van der Waals surface area contributed by atoms with Gasteiger partial charge in [0, 0.05) is 36.9 Å². The molecule has 0 N–H and O–H groups in total. The summed E-state index contributed by atoms with van der Waals surface area (Å²) in [4.78, 5) is 17.2. The molecule has 0 bridgehead atoms. The van der Waals surface area contributed by atoms with Gasteiger partial charge >= 0.3 is 0 Å². The molecule has 0 radical (unpaired) electrons. The standard InChI is InChI=1S/C23H30ClN3O3S/c1-16-12-17(2)14-21(13-16)27(31(5,29)30)19(4)23(28)26-10-8-25(9-11-26)22-15-20(24)7-6-18(22)3/h6-7,12-15,19H,8-11H2,1-5H3/t19-/m0/s1. The number of carbonyl (C=O) groups is 1. The van der Waals surface area contributed by atoms with Gasteiger partial charge in [-0.3, -0.25) is 9.10 Å². The fourth-order valence-electron chi connectivity index (χ4n) is 4.24. The Balaban J connectivity index is 1.78. The Morgan fingerprint density at radius 3 is 2.13 bits per heavy atom. The van der Waals surface area contributed by atoms with Crippen LogP contribution >= 0.6 is 11.6 Å². The second-order valence-electron chi connectivity index (χ2n) is 8.32. The molecular weight excluding hydrogens is 434 g/mol. The molecule has 1 heterocycles. The minimum atomic E-state index is -3.64. The Morgan fingerprint density at radius 1 is 1.00 bits per heavy atom. The maximum absolute atomic E-state index is 13.3. The highest BCUT2D eigenvalue weighted by atomic mass is 35.5. The van der Waals surface area contributed by atoms with Crippen LogP contribution in [0.1, 0.15) is 23.6 Å². The number of hydrogen-bond acceptors (Lipinski definition) is 4. The maximum atomic E-state index is 13.3. The second kappa shape index (κ2) is 9.09. The van der Waals surface area contributed by atoms with E-state index < -0.39 is 16.1 Å². The minimum Gasteiger partial charge on any atom is -0.368 e. The van der Waals surface area contributed by atoms with Crippen molar-refractivity contribution < 1.29 is 13.2 Å². The summed E-state index contributed by atoms with van der Waals surface area (Å²) in [7, 11) is -3.64. The van der Waals surface area contributed by atoms with Gasteiger partial charge in [-0.1, -0.05) is 23.7 Å². The maximum Gasteiger partial charge on any atom is 0.246 e. The topological polar surface area (TPSA) is 60.9 Å². The quantitative estimate of drug-likeness (QED) is 0.677. The first-order chi connectivity index (χ1) is 14.5. The summed E-state index contributed by atoms with van der Waals surface area (Å²) in [5.74, 6) is -0.188. The van der Waals surface area contributed by atoms with Crippen molar-refractivity contribution in [1.29, 1.82) is 0 Å². The van der Waals surface area contributed by atoms with Crippen LogP contribution in [0.2, 0.25) is 5.02 Å². The highest BCUT2D eigenvalue weighted by molar-refractivity contribution is 7.92. The Morgan fingerprint density at radius 2 is 1.58 bits per heavy atom. The number of halogens is 1. The van der Waals surface area contributed by atoms with Crippen LogP contribution in [0.15, 0.2) is 36.4 Å². The molecule has 6 nitrogen and oxygen atoms in total. The van der Waals surface area contributed by atoms with E-state index in [1.54, 1.807) is 24.0 Å². The van der Waals surface area contributed by atoms with Crippen LogP contribution < -0.4 is 9.21 Å². The number of amides is 1. The number of rotatable bonds is 5. The number of benzene rings is 2.